The quantitative estimate of drug-likeness (QED) is 0.462. The van der Waals surface area contributed by atoms with Crippen molar-refractivity contribution in [2.24, 2.45) is 0 Å². The molecule has 6 heteroatoms. The minimum Gasteiger partial charge on any atom is -0.376 e. The lowest BCUT2D eigenvalue weighted by atomic mass is 10.2. The normalized spacial score (nSPS) is 10.6. The number of nitro benzene ring substituents is 1. The largest absolute Gasteiger partial charge is 0.376 e. The van der Waals surface area contributed by atoms with E-state index in [1.54, 1.807) is 11.3 Å². The van der Waals surface area contributed by atoms with Gasteiger partial charge in [-0.1, -0.05) is 18.2 Å². The van der Waals surface area contributed by atoms with Crippen LogP contribution in [0.15, 0.2) is 35.7 Å². The van der Waals surface area contributed by atoms with E-state index in [2.05, 4.69) is 0 Å². The molecule has 0 N–H and O–H groups in total. The summed E-state index contributed by atoms with van der Waals surface area (Å²) in [5.74, 6) is -0.816. The summed E-state index contributed by atoms with van der Waals surface area (Å²) in [7, 11) is 0. The number of ether oxygens (including phenoxy) is 1. The Labute approximate surface area is 113 Å². The van der Waals surface area contributed by atoms with E-state index in [0.717, 1.165) is 12.5 Å². The molecule has 0 aliphatic carbocycles. The van der Waals surface area contributed by atoms with Crippen molar-refractivity contribution >= 4 is 17.0 Å². The summed E-state index contributed by atoms with van der Waals surface area (Å²) in [4.78, 5) is 11.0. The molecule has 0 aliphatic heterocycles. The molecule has 0 atom stereocenters. The van der Waals surface area contributed by atoms with Crippen LogP contribution in [-0.2, 0) is 17.8 Å². The first-order chi connectivity index (χ1) is 9.18. The fraction of sp³-hybridized carbons (Fsp3) is 0.231. The zero-order valence-corrected chi connectivity index (χ0v) is 10.9. The number of nitrogens with zero attached hydrogens (tertiary/aromatic N) is 1. The van der Waals surface area contributed by atoms with Crippen LogP contribution in [0.25, 0.3) is 0 Å². The SMILES string of the molecule is O=[N+]([O-])c1cccc(COCCc2cccs2)c1F. The highest BCUT2D eigenvalue weighted by atomic mass is 32.1. The number of rotatable bonds is 6. The molecule has 0 amide bonds. The third-order valence-corrected chi connectivity index (χ3v) is 3.52. The van der Waals surface area contributed by atoms with Gasteiger partial charge in [-0.2, -0.15) is 4.39 Å². The van der Waals surface area contributed by atoms with E-state index in [4.69, 9.17) is 4.74 Å². The molecule has 1 aromatic carbocycles. The lowest BCUT2D eigenvalue weighted by Gasteiger charge is -2.05. The summed E-state index contributed by atoms with van der Waals surface area (Å²) < 4.78 is 19.1. The number of halogens is 1. The van der Waals surface area contributed by atoms with Gasteiger partial charge in [-0.15, -0.1) is 11.3 Å². The van der Waals surface area contributed by atoms with Crippen LogP contribution in [0.4, 0.5) is 10.1 Å². The van der Waals surface area contributed by atoms with E-state index < -0.39 is 16.4 Å². The van der Waals surface area contributed by atoms with Crippen LogP contribution in [0.2, 0.25) is 0 Å². The molecular weight excluding hydrogens is 269 g/mol. The van der Waals surface area contributed by atoms with Crippen LogP contribution in [0.1, 0.15) is 10.4 Å². The lowest BCUT2D eigenvalue weighted by Crippen LogP contribution is -2.02. The highest BCUT2D eigenvalue weighted by Gasteiger charge is 2.16. The lowest BCUT2D eigenvalue weighted by molar-refractivity contribution is -0.387. The molecule has 0 fully saturated rings. The second-order valence-corrected chi connectivity index (χ2v) is 4.92. The number of benzene rings is 1. The molecule has 100 valence electrons. The highest BCUT2D eigenvalue weighted by molar-refractivity contribution is 7.09. The zero-order valence-electron chi connectivity index (χ0n) is 10.0. The van der Waals surface area contributed by atoms with Gasteiger partial charge in [0.25, 0.3) is 0 Å². The summed E-state index contributed by atoms with van der Waals surface area (Å²) >= 11 is 1.64. The monoisotopic (exact) mass is 281 g/mol. The van der Waals surface area contributed by atoms with Crippen LogP contribution in [0.5, 0.6) is 0 Å². The van der Waals surface area contributed by atoms with Crippen LogP contribution in [0, 0.1) is 15.9 Å². The molecule has 1 aromatic heterocycles. The van der Waals surface area contributed by atoms with Crippen LogP contribution >= 0.6 is 11.3 Å². The summed E-state index contributed by atoms with van der Waals surface area (Å²) in [5, 5.41) is 12.6. The molecule has 0 unspecified atom stereocenters. The Bertz CT molecular complexity index is 557. The third kappa shape index (κ3) is 3.59. The highest BCUT2D eigenvalue weighted by Crippen LogP contribution is 2.20. The second kappa shape index (κ2) is 6.40. The predicted octanol–water partition coefficient (Wildman–Crippen LogP) is 3.55. The van der Waals surface area contributed by atoms with E-state index in [1.807, 2.05) is 17.5 Å². The average molecular weight is 281 g/mol. The van der Waals surface area contributed by atoms with Crippen molar-refractivity contribution in [2.45, 2.75) is 13.0 Å². The van der Waals surface area contributed by atoms with Crippen LogP contribution < -0.4 is 0 Å². The summed E-state index contributed by atoms with van der Waals surface area (Å²) in [6.45, 7) is 0.502. The number of hydrogen-bond donors (Lipinski definition) is 0. The maximum atomic E-state index is 13.7. The first kappa shape index (κ1) is 13.6. The number of hydrogen-bond acceptors (Lipinski definition) is 4. The first-order valence-corrected chi connectivity index (χ1v) is 6.58. The number of thiophene rings is 1. The Morgan fingerprint density at radius 3 is 2.84 bits per heavy atom. The van der Waals surface area contributed by atoms with Crippen molar-refractivity contribution in [3.8, 4) is 0 Å². The van der Waals surface area contributed by atoms with Crippen molar-refractivity contribution in [1.29, 1.82) is 0 Å². The topological polar surface area (TPSA) is 52.4 Å². The van der Waals surface area contributed by atoms with Crippen LogP contribution in [0.3, 0.4) is 0 Å². The second-order valence-electron chi connectivity index (χ2n) is 3.89. The Kier molecular flexibility index (Phi) is 4.59. The Balaban J connectivity index is 1.89. The van der Waals surface area contributed by atoms with E-state index in [1.165, 1.54) is 17.0 Å². The average Bonchev–Trinajstić information content (AvgIpc) is 2.89. The Morgan fingerprint density at radius 2 is 2.16 bits per heavy atom. The fourth-order valence-corrected chi connectivity index (χ4v) is 2.32. The maximum absolute atomic E-state index is 13.7. The fourth-order valence-electron chi connectivity index (χ4n) is 1.63. The van der Waals surface area contributed by atoms with Crippen molar-refractivity contribution < 1.29 is 14.1 Å². The van der Waals surface area contributed by atoms with Gasteiger partial charge in [-0.25, -0.2) is 0 Å². The molecule has 0 spiro atoms. The van der Waals surface area contributed by atoms with Gasteiger partial charge in [0.05, 0.1) is 18.1 Å². The molecule has 1 heterocycles. The van der Waals surface area contributed by atoms with Crippen molar-refractivity contribution in [2.75, 3.05) is 6.61 Å². The summed E-state index contributed by atoms with van der Waals surface area (Å²) in [6, 6.07) is 8.05. The van der Waals surface area contributed by atoms with E-state index >= 15 is 0 Å². The smallest absolute Gasteiger partial charge is 0.305 e. The maximum Gasteiger partial charge on any atom is 0.305 e. The predicted molar refractivity (Wildman–Crippen MR) is 70.7 cm³/mol. The van der Waals surface area contributed by atoms with Gasteiger partial charge in [0.15, 0.2) is 0 Å². The van der Waals surface area contributed by atoms with E-state index in [9.17, 15) is 14.5 Å². The minimum atomic E-state index is -0.816. The van der Waals surface area contributed by atoms with Gasteiger partial charge in [0.2, 0.25) is 5.82 Å². The standard InChI is InChI=1S/C13H12FNO3S/c14-13-10(3-1-5-12(13)15(16)17)9-18-7-6-11-4-2-8-19-11/h1-5,8H,6-7,9H2. The van der Waals surface area contributed by atoms with E-state index in [0.29, 0.717) is 6.61 Å². The van der Waals surface area contributed by atoms with Gasteiger partial charge < -0.3 is 4.74 Å². The van der Waals surface area contributed by atoms with Gasteiger partial charge in [-0.3, -0.25) is 10.1 Å². The van der Waals surface area contributed by atoms with Gasteiger partial charge >= 0.3 is 5.69 Å². The van der Waals surface area contributed by atoms with Gasteiger partial charge in [0.1, 0.15) is 0 Å². The van der Waals surface area contributed by atoms with Crippen LogP contribution in [-0.4, -0.2) is 11.5 Å². The van der Waals surface area contributed by atoms with Crippen molar-refractivity contribution in [1.82, 2.24) is 0 Å². The molecule has 0 saturated heterocycles. The van der Waals surface area contributed by atoms with Crippen molar-refractivity contribution in [3.63, 3.8) is 0 Å². The molecule has 0 radical (unpaired) electrons. The van der Waals surface area contributed by atoms with E-state index in [-0.39, 0.29) is 12.2 Å². The zero-order chi connectivity index (χ0) is 13.7. The first-order valence-electron chi connectivity index (χ1n) is 5.70. The molecule has 2 rings (SSSR count). The third-order valence-electron chi connectivity index (χ3n) is 2.59. The summed E-state index contributed by atoms with van der Waals surface area (Å²) in [5.41, 5.74) is -0.306. The molecule has 19 heavy (non-hydrogen) atoms. The molecule has 4 nitrogen and oxygen atoms in total. The Hall–Kier alpha value is -1.79. The van der Waals surface area contributed by atoms with Gasteiger partial charge in [-0.05, 0) is 11.4 Å². The molecule has 0 bridgehead atoms. The van der Waals surface area contributed by atoms with Crippen molar-refractivity contribution in [3.05, 3.63) is 62.1 Å². The minimum absolute atomic E-state index is 0.0406. The molecule has 0 aliphatic rings. The molecule has 2 aromatic rings. The molecular formula is C13H12FNO3S. The Morgan fingerprint density at radius 1 is 1.32 bits per heavy atom. The number of nitro groups is 1. The molecule has 0 saturated carbocycles. The summed E-state index contributed by atoms with van der Waals surface area (Å²) in [6.07, 6.45) is 0.758. The van der Waals surface area contributed by atoms with Gasteiger partial charge in [0, 0.05) is 22.9 Å².